The number of pyridine rings is 1. The highest BCUT2D eigenvalue weighted by molar-refractivity contribution is 6.30. The Bertz CT molecular complexity index is 350. The lowest BCUT2D eigenvalue weighted by Crippen LogP contribution is -2.36. The van der Waals surface area contributed by atoms with Gasteiger partial charge in [0.05, 0.1) is 10.6 Å². The van der Waals surface area contributed by atoms with Crippen LogP contribution in [0.4, 0.5) is 0 Å². The van der Waals surface area contributed by atoms with Crippen LogP contribution in [0, 0.1) is 0 Å². The lowest BCUT2D eigenvalue weighted by Gasteiger charge is -2.14. The van der Waals surface area contributed by atoms with E-state index in [4.69, 9.17) is 11.6 Å². The summed E-state index contributed by atoms with van der Waals surface area (Å²) in [6.07, 6.45) is 4.02. The lowest BCUT2D eigenvalue weighted by atomic mass is 10.2. The first-order valence-electron chi connectivity index (χ1n) is 4.43. The number of halogens is 1. The van der Waals surface area contributed by atoms with Gasteiger partial charge in [-0.25, -0.2) is 5.43 Å². The Morgan fingerprint density at radius 2 is 2.43 bits per heavy atom. The molecule has 1 fully saturated rings. The molecule has 1 aliphatic rings. The van der Waals surface area contributed by atoms with E-state index in [1.54, 1.807) is 11.1 Å². The molecule has 2 rings (SSSR count). The Balaban J connectivity index is 2.17. The van der Waals surface area contributed by atoms with E-state index in [2.05, 4.69) is 10.4 Å². The highest BCUT2D eigenvalue weighted by atomic mass is 35.5. The highest BCUT2D eigenvalue weighted by Gasteiger charge is 2.19. The monoisotopic (exact) mass is 211 g/mol. The maximum atomic E-state index is 11.8. The topological polar surface area (TPSA) is 45.2 Å². The molecule has 1 saturated heterocycles. The van der Waals surface area contributed by atoms with E-state index in [1.165, 1.54) is 12.4 Å². The van der Waals surface area contributed by atoms with Crippen molar-refractivity contribution in [3.63, 3.8) is 0 Å². The van der Waals surface area contributed by atoms with Gasteiger partial charge >= 0.3 is 0 Å². The summed E-state index contributed by atoms with van der Waals surface area (Å²) in [5, 5.41) is 2.07. The minimum Gasteiger partial charge on any atom is -0.274 e. The quantitative estimate of drug-likeness (QED) is 0.756. The van der Waals surface area contributed by atoms with E-state index in [-0.39, 0.29) is 5.91 Å². The molecule has 14 heavy (non-hydrogen) atoms. The van der Waals surface area contributed by atoms with Crippen LogP contribution in [0.15, 0.2) is 18.5 Å². The van der Waals surface area contributed by atoms with Crippen LogP contribution >= 0.6 is 11.6 Å². The summed E-state index contributed by atoms with van der Waals surface area (Å²) in [6.45, 7) is 1.59. The Labute approximate surface area is 86.8 Å². The molecular weight excluding hydrogens is 202 g/mol. The second-order valence-electron chi connectivity index (χ2n) is 3.11. The van der Waals surface area contributed by atoms with E-state index in [0.29, 0.717) is 10.6 Å². The Morgan fingerprint density at radius 3 is 3.07 bits per heavy atom. The van der Waals surface area contributed by atoms with Gasteiger partial charge in [-0.3, -0.25) is 14.8 Å². The van der Waals surface area contributed by atoms with Crippen molar-refractivity contribution in [3.05, 3.63) is 29.0 Å². The zero-order valence-corrected chi connectivity index (χ0v) is 8.29. The predicted molar refractivity (Wildman–Crippen MR) is 52.9 cm³/mol. The van der Waals surface area contributed by atoms with Gasteiger partial charge in [0.25, 0.3) is 5.91 Å². The maximum Gasteiger partial charge on any atom is 0.269 e. The van der Waals surface area contributed by atoms with Gasteiger partial charge in [0.2, 0.25) is 0 Å². The first kappa shape index (κ1) is 9.43. The molecule has 0 saturated carbocycles. The van der Waals surface area contributed by atoms with Crippen LogP contribution in [0.25, 0.3) is 0 Å². The van der Waals surface area contributed by atoms with Crippen LogP contribution in [0.3, 0.4) is 0 Å². The summed E-state index contributed by atoms with van der Waals surface area (Å²) in [4.78, 5) is 15.6. The number of carbonyl (C=O) groups excluding carboxylic acids is 1. The molecule has 74 valence electrons. The van der Waals surface area contributed by atoms with Crippen LogP contribution in [0.5, 0.6) is 0 Å². The number of amides is 1. The van der Waals surface area contributed by atoms with Crippen molar-refractivity contribution in [1.29, 1.82) is 0 Å². The van der Waals surface area contributed by atoms with Crippen molar-refractivity contribution >= 4 is 17.5 Å². The number of rotatable bonds is 1. The van der Waals surface area contributed by atoms with E-state index in [0.717, 1.165) is 19.5 Å². The van der Waals surface area contributed by atoms with E-state index >= 15 is 0 Å². The number of hydrogen-bond acceptors (Lipinski definition) is 3. The van der Waals surface area contributed by atoms with Gasteiger partial charge in [-0.05, 0) is 12.5 Å². The normalized spacial score (nSPS) is 15.9. The predicted octanol–water partition coefficient (Wildman–Crippen LogP) is 1.09. The molecule has 0 bridgehead atoms. The smallest absolute Gasteiger partial charge is 0.269 e. The lowest BCUT2D eigenvalue weighted by molar-refractivity contribution is 0.0726. The van der Waals surface area contributed by atoms with Crippen molar-refractivity contribution < 1.29 is 4.79 Å². The standard InChI is InChI=1S/C9H10ClN3O/c10-8-4-7(5-11-6-8)9(14)13-3-1-2-12-13/h4-6,12H,1-3H2. The fraction of sp³-hybridized carbons (Fsp3) is 0.333. The summed E-state index contributed by atoms with van der Waals surface area (Å²) in [5.41, 5.74) is 3.51. The highest BCUT2D eigenvalue weighted by Crippen LogP contribution is 2.11. The first-order valence-corrected chi connectivity index (χ1v) is 4.81. The molecule has 1 aromatic heterocycles. The molecule has 1 N–H and O–H groups in total. The number of hydrogen-bond donors (Lipinski definition) is 1. The number of carbonyl (C=O) groups is 1. The summed E-state index contributed by atoms with van der Waals surface area (Å²) < 4.78 is 0. The van der Waals surface area contributed by atoms with Gasteiger partial charge in [-0.2, -0.15) is 0 Å². The summed E-state index contributed by atoms with van der Waals surface area (Å²) in [7, 11) is 0. The van der Waals surface area contributed by atoms with Crippen LogP contribution in [-0.2, 0) is 0 Å². The van der Waals surface area contributed by atoms with E-state index in [1.807, 2.05) is 0 Å². The molecular formula is C9H10ClN3O. The third-order valence-electron chi connectivity index (χ3n) is 2.06. The molecule has 2 heterocycles. The van der Waals surface area contributed by atoms with Gasteiger partial charge in [0.15, 0.2) is 0 Å². The fourth-order valence-corrected chi connectivity index (χ4v) is 1.56. The second-order valence-corrected chi connectivity index (χ2v) is 3.55. The number of nitrogens with one attached hydrogen (secondary N) is 1. The minimum absolute atomic E-state index is 0.0718. The van der Waals surface area contributed by atoms with E-state index < -0.39 is 0 Å². The Kier molecular flexibility index (Phi) is 2.65. The van der Waals surface area contributed by atoms with Gasteiger partial charge in [-0.1, -0.05) is 11.6 Å². The van der Waals surface area contributed by atoms with Crippen molar-refractivity contribution in [1.82, 2.24) is 15.4 Å². The first-order chi connectivity index (χ1) is 6.77. The third-order valence-corrected chi connectivity index (χ3v) is 2.26. The number of aromatic nitrogens is 1. The van der Waals surface area contributed by atoms with Crippen LogP contribution < -0.4 is 5.43 Å². The summed E-state index contributed by atoms with van der Waals surface area (Å²) in [5.74, 6) is -0.0718. The molecule has 0 radical (unpaired) electrons. The summed E-state index contributed by atoms with van der Waals surface area (Å²) >= 11 is 5.74. The van der Waals surface area contributed by atoms with Crippen molar-refractivity contribution in [2.45, 2.75) is 6.42 Å². The van der Waals surface area contributed by atoms with E-state index in [9.17, 15) is 4.79 Å². The minimum atomic E-state index is -0.0718. The molecule has 1 amide bonds. The van der Waals surface area contributed by atoms with Gasteiger partial charge < -0.3 is 0 Å². The Morgan fingerprint density at radius 1 is 1.57 bits per heavy atom. The van der Waals surface area contributed by atoms with Gasteiger partial charge in [0.1, 0.15) is 0 Å². The van der Waals surface area contributed by atoms with Crippen LogP contribution in [0.1, 0.15) is 16.8 Å². The van der Waals surface area contributed by atoms with Gasteiger partial charge in [-0.15, -0.1) is 0 Å². The van der Waals surface area contributed by atoms with Crippen molar-refractivity contribution in [2.24, 2.45) is 0 Å². The van der Waals surface area contributed by atoms with Crippen molar-refractivity contribution in [3.8, 4) is 0 Å². The van der Waals surface area contributed by atoms with Crippen molar-refractivity contribution in [2.75, 3.05) is 13.1 Å². The zero-order valence-electron chi connectivity index (χ0n) is 7.53. The molecule has 1 aliphatic heterocycles. The zero-order chi connectivity index (χ0) is 9.97. The number of nitrogens with zero attached hydrogens (tertiary/aromatic N) is 2. The summed E-state index contributed by atoms with van der Waals surface area (Å²) in [6, 6.07) is 1.62. The van der Waals surface area contributed by atoms with Crippen LogP contribution in [-0.4, -0.2) is 29.0 Å². The second kappa shape index (κ2) is 3.94. The average Bonchev–Trinajstić information content (AvgIpc) is 2.69. The van der Waals surface area contributed by atoms with Crippen LogP contribution in [0.2, 0.25) is 5.02 Å². The number of hydrazine groups is 1. The largest absolute Gasteiger partial charge is 0.274 e. The maximum absolute atomic E-state index is 11.8. The molecule has 1 aromatic rings. The molecule has 0 atom stereocenters. The molecule has 0 aliphatic carbocycles. The molecule has 0 spiro atoms. The molecule has 5 heteroatoms. The average molecular weight is 212 g/mol. The SMILES string of the molecule is O=C(c1cncc(Cl)c1)N1CCCN1. The third kappa shape index (κ3) is 1.86. The molecule has 0 unspecified atom stereocenters. The Hall–Kier alpha value is -1.13. The van der Waals surface area contributed by atoms with Gasteiger partial charge in [0, 0.05) is 25.5 Å². The molecule has 4 nitrogen and oxygen atoms in total. The molecule has 0 aromatic carbocycles. The fourth-order valence-electron chi connectivity index (χ4n) is 1.39.